The minimum absolute atomic E-state index is 0.153. The predicted molar refractivity (Wildman–Crippen MR) is 58.5 cm³/mol. The Morgan fingerprint density at radius 1 is 1.47 bits per heavy atom. The molecule has 0 aliphatic rings. The molecule has 1 aromatic carbocycles. The third-order valence-corrected chi connectivity index (χ3v) is 2.56. The number of aliphatic hydroxyl groups excluding tert-OH is 1. The molecule has 0 spiro atoms. The standard InChI is InChI=1S/C7H9NO2S.C3H4O/c1-6-4-2-3-5-7(6)11(8,9)10;1-2-3-4/h2-5H,1H3,(H2,8,9,10);1,4H,3H2. The second-order valence-corrected chi connectivity index (χ2v) is 4.20. The molecule has 0 fully saturated rings. The van der Waals surface area contributed by atoms with Crippen molar-refractivity contribution in [2.24, 2.45) is 5.14 Å². The first kappa shape index (κ1) is 13.7. The fraction of sp³-hybridized carbons (Fsp3) is 0.200. The summed E-state index contributed by atoms with van der Waals surface area (Å²) in [6.07, 6.45) is 4.53. The molecule has 0 radical (unpaired) electrons. The van der Waals surface area contributed by atoms with Gasteiger partial charge in [0.25, 0.3) is 0 Å². The second kappa shape index (κ2) is 6.19. The molecule has 0 aromatic heterocycles. The van der Waals surface area contributed by atoms with Crippen LogP contribution in [0.5, 0.6) is 0 Å². The first-order chi connectivity index (χ1) is 6.93. The molecule has 0 atom stereocenters. The van der Waals surface area contributed by atoms with Gasteiger partial charge in [0.1, 0.15) is 6.61 Å². The molecule has 15 heavy (non-hydrogen) atoms. The molecule has 0 aliphatic heterocycles. The van der Waals surface area contributed by atoms with Crippen LogP contribution in [0.2, 0.25) is 0 Å². The van der Waals surface area contributed by atoms with E-state index in [0.717, 1.165) is 0 Å². The number of rotatable bonds is 1. The molecular weight excluding hydrogens is 214 g/mol. The second-order valence-electron chi connectivity index (χ2n) is 2.67. The van der Waals surface area contributed by atoms with Crippen molar-refractivity contribution in [3.63, 3.8) is 0 Å². The van der Waals surface area contributed by atoms with E-state index in [4.69, 9.17) is 10.2 Å². The number of hydrogen-bond acceptors (Lipinski definition) is 3. The number of aliphatic hydroxyl groups is 1. The van der Waals surface area contributed by atoms with E-state index in [1.165, 1.54) is 6.07 Å². The Morgan fingerprint density at radius 3 is 2.20 bits per heavy atom. The quantitative estimate of drug-likeness (QED) is 0.675. The number of aryl methyl sites for hydroxylation is 1. The maximum absolute atomic E-state index is 10.8. The van der Waals surface area contributed by atoms with Crippen molar-refractivity contribution < 1.29 is 13.5 Å². The van der Waals surface area contributed by atoms with Crippen molar-refractivity contribution in [2.45, 2.75) is 11.8 Å². The number of primary sulfonamides is 1. The lowest BCUT2D eigenvalue weighted by Gasteiger charge is -2.00. The van der Waals surface area contributed by atoms with Crippen LogP contribution in [0.15, 0.2) is 29.2 Å². The van der Waals surface area contributed by atoms with Crippen molar-refractivity contribution in [3.8, 4) is 12.3 Å². The molecule has 0 saturated heterocycles. The van der Waals surface area contributed by atoms with Crippen LogP contribution >= 0.6 is 0 Å². The van der Waals surface area contributed by atoms with Crippen molar-refractivity contribution >= 4 is 10.0 Å². The monoisotopic (exact) mass is 227 g/mol. The van der Waals surface area contributed by atoms with Crippen LogP contribution in [-0.4, -0.2) is 20.1 Å². The van der Waals surface area contributed by atoms with Gasteiger partial charge >= 0.3 is 0 Å². The zero-order valence-corrected chi connectivity index (χ0v) is 9.16. The molecule has 1 rings (SSSR count). The molecule has 0 heterocycles. The summed E-state index contributed by atoms with van der Waals surface area (Å²) in [6.45, 7) is 1.56. The SMILES string of the molecule is C#CCO.Cc1ccccc1S(N)(=O)=O. The van der Waals surface area contributed by atoms with Crippen LogP contribution in [0.1, 0.15) is 5.56 Å². The van der Waals surface area contributed by atoms with E-state index >= 15 is 0 Å². The van der Waals surface area contributed by atoms with Crippen LogP contribution in [0, 0.1) is 19.3 Å². The molecular formula is C10H13NO3S. The Labute approximate surface area is 89.8 Å². The van der Waals surface area contributed by atoms with Crippen LogP contribution in [-0.2, 0) is 10.0 Å². The van der Waals surface area contributed by atoms with Gasteiger partial charge in [0, 0.05) is 0 Å². The average molecular weight is 227 g/mol. The van der Waals surface area contributed by atoms with E-state index in [0.29, 0.717) is 5.56 Å². The predicted octanol–water partition coefficient (Wildman–Crippen LogP) is 0.254. The van der Waals surface area contributed by atoms with Crippen LogP contribution in [0.25, 0.3) is 0 Å². The van der Waals surface area contributed by atoms with Gasteiger partial charge in [0.2, 0.25) is 10.0 Å². The van der Waals surface area contributed by atoms with Crippen LogP contribution in [0.4, 0.5) is 0 Å². The summed E-state index contributed by atoms with van der Waals surface area (Å²) in [5.41, 5.74) is 0.676. The first-order valence-corrected chi connectivity index (χ1v) is 5.61. The molecule has 5 heteroatoms. The van der Waals surface area contributed by atoms with E-state index in [2.05, 4.69) is 6.42 Å². The zero-order chi connectivity index (χ0) is 11.9. The Balaban J connectivity index is 0.000000423. The lowest BCUT2D eigenvalue weighted by atomic mass is 10.2. The van der Waals surface area contributed by atoms with Gasteiger partial charge in [0.05, 0.1) is 4.90 Å². The minimum atomic E-state index is -3.53. The maximum atomic E-state index is 10.8. The summed E-state index contributed by atoms with van der Waals surface area (Å²) < 4.78 is 21.7. The third kappa shape index (κ3) is 5.18. The summed E-state index contributed by atoms with van der Waals surface area (Å²) in [5.74, 6) is 1.99. The summed E-state index contributed by atoms with van der Waals surface area (Å²) in [7, 11) is -3.53. The normalized spacial score (nSPS) is 9.73. The van der Waals surface area contributed by atoms with Crippen LogP contribution < -0.4 is 5.14 Å². The molecule has 0 unspecified atom stereocenters. The van der Waals surface area contributed by atoms with Crippen molar-refractivity contribution in [3.05, 3.63) is 29.8 Å². The smallest absolute Gasteiger partial charge is 0.238 e. The van der Waals surface area contributed by atoms with E-state index in [1.807, 2.05) is 5.92 Å². The number of hydrogen-bond donors (Lipinski definition) is 2. The van der Waals surface area contributed by atoms with E-state index in [-0.39, 0.29) is 11.5 Å². The maximum Gasteiger partial charge on any atom is 0.238 e. The Hall–Kier alpha value is -1.35. The fourth-order valence-electron chi connectivity index (χ4n) is 0.876. The lowest BCUT2D eigenvalue weighted by molar-refractivity contribution is 0.351. The zero-order valence-electron chi connectivity index (χ0n) is 8.34. The molecule has 4 nitrogen and oxygen atoms in total. The van der Waals surface area contributed by atoms with Crippen molar-refractivity contribution in [2.75, 3.05) is 6.61 Å². The van der Waals surface area contributed by atoms with Gasteiger partial charge in [-0.25, -0.2) is 13.6 Å². The Bertz CT molecular complexity index is 446. The Kier molecular flexibility index (Phi) is 5.64. The lowest BCUT2D eigenvalue weighted by Crippen LogP contribution is -2.13. The van der Waals surface area contributed by atoms with Gasteiger partial charge in [0.15, 0.2) is 0 Å². The van der Waals surface area contributed by atoms with Gasteiger partial charge in [-0.05, 0) is 18.6 Å². The summed E-state index contributed by atoms with van der Waals surface area (Å²) in [6, 6.07) is 6.61. The highest BCUT2D eigenvalue weighted by molar-refractivity contribution is 7.89. The van der Waals surface area contributed by atoms with Gasteiger partial charge in [-0.1, -0.05) is 24.1 Å². The number of nitrogens with two attached hydrogens (primary N) is 1. The minimum Gasteiger partial charge on any atom is -0.384 e. The number of benzene rings is 1. The molecule has 0 saturated carbocycles. The summed E-state index contributed by atoms with van der Waals surface area (Å²) in [5, 5.41) is 12.6. The van der Waals surface area contributed by atoms with Crippen LogP contribution in [0.3, 0.4) is 0 Å². The number of terminal acetylenes is 1. The van der Waals surface area contributed by atoms with E-state index < -0.39 is 10.0 Å². The van der Waals surface area contributed by atoms with Gasteiger partial charge < -0.3 is 5.11 Å². The molecule has 0 aliphatic carbocycles. The van der Waals surface area contributed by atoms with Gasteiger partial charge in [-0.3, -0.25) is 0 Å². The molecule has 3 N–H and O–H groups in total. The molecule has 0 amide bonds. The Morgan fingerprint density at radius 2 is 1.93 bits per heavy atom. The molecule has 0 bridgehead atoms. The van der Waals surface area contributed by atoms with Crippen molar-refractivity contribution in [1.29, 1.82) is 0 Å². The summed E-state index contributed by atoms with van der Waals surface area (Å²) in [4.78, 5) is 0.194. The summed E-state index contributed by atoms with van der Waals surface area (Å²) >= 11 is 0. The third-order valence-electron chi connectivity index (χ3n) is 1.49. The first-order valence-electron chi connectivity index (χ1n) is 4.06. The van der Waals surface area contributed by atoms with Gasteiger partial charge in [-0.15, -0.1) is 6.42 Å². The molecule has 82 valence electrons. The highest BCUT2D eigenvalue weighted by Crippen LogP contribution is 2.10. The number of sulfonamides is 1. The highest BCUT2D eigenvalue weighted by atomic mass is 32.2. The largest absolute Gasteiger partial charge is 0.384 e. The van der Waals surface area contributed by atoms with Gasteiger partial charge in [-0.2, -0.15) is 0 Å². The van der Waals surface area contributed by atoms with E-state index in [1.54, 1.807) is 25.1 Å². The average Bonchev–Trinajstić information content (AvgIpc) is 2.17. The fourth-order valence-corrected chi connectivity index (χ4v) is 1.66. The van der Waals surface area contributed by atoms with Crippen molar-refractivity contribution in [1.82, 2.24) is 0 Å². The van der Waals surface area contributed by atoms with E-state index in [9.17, 15) is 8.42 Å². The molecule has 1 aromatic rings. The highest BCUT2D eigenvalue weighted by Gasteiger charge is 2.08. The topological polar surface area (TPSA) is 80.4 Å².